The zero-order chi connectivity index (χ0) is 10.7. The van der Waals surface area contributed by atoms with Crippen molar-refractivity contribution in [3.63, 3.8) is 0 Å². The predicted octanol–water partition coefficient (Wildman–Crippen LogP) is 1.06. The third-order valence-corrected chi connectivity index (χ3v) is 3.72. The summed E-state index contributed by atoms with van der Waals surface area (Å²) in [5, 5.41) is 3.11. The number of hydrogen-bond donors (Lipinski definition) is 2. The molecule has 3 N–H and O–H groups in total. The Hall–Kier alpha value is -0.770. The quantitative estimate of drug-likeness (QED) is 0.717. The fourth-order valence-corrected chi connectivity index (χ4v) is 2.39. The number of carbonyl (C=O) groups is 1. The topological polar surface area (TPSA) is 58.4 Å². The molecular weight excluding hydrogens is 190 g/mol. The average molecular weight is 211 g/mol. The molecule has 86 valence electrons. The summed E-state index contributed by atoms with van der Waals surface area (Å²) in [4.78, 5) is 13.9. The van der Waals surface area contributed by atoms with Crippen LogP contribution in [0, 0.1) is 0 Å². The number of carbonyl (C=O) groups excluding carboxylic acids is 1. The molecule has 1 aliphatic carbocycles. The van der Waals surface area contributed by atoms with Crippen LogP contribution in [0.15, 0.2) is 0 Å². The van der Waals surface area contributed by atoms with Crippen LogP contribution in [0.25, 0.3) is 0 Å². The SMILES string of the molecule is NCC1(NC(=O)N2CCCCC2)CCC1. The van der Waals surface area contributed by atoms with Crippen LogP contribution in [0.1, 0.15) is 38.5 Å². The van der Waals surface area contributed by atoms with Crippen LogP contribution >= 0.6 is 0 Å². The number of amides is 2. The van der Waals surface area contributed by atoms with Gasteiger partial charge in [0, 0.05) is 19.6 Å². The van der Waals surface area contributed by atoms with E-state index in [0.717, 1.165) is 38.8 Å². The fraction of sp³-hybridized carbons (Fsp3) is 0.909. The number of nitrogens with one attached hydrogen (secondary N) is 1. The first-order valence-corrected chi connectivity index (χ1v) is 6.03. The Balaban J connectivity index is 1.85. The van der Waals surface area contributed by atoms with Gasteiger partial charge in [0.2, 0.25) is 0 Å². The molecule has 15 heavy (non-hydrogen) atoms. The molecule has 0 aromatic rings. The molecule has 2 fully saturated rings. The molecule has 1 aliphatic heterocycles. The van der Waals surface area contributed by atoms with Crippen LogP contribution < -0.4 is 11.1 Å². The molecule has 1 heterocycles. The fourth-order valence-electron chi connectivity index (χ4n) is 2.39. The number of piperidine rings is 1. The lowest BCUT2D eigenvalue weighted by Gasteiger charge is -2.43. The van der Waals surface area contributed by atoms with Gasteiger partial charge in [-0.05, 0) is 38.5 Å². The lowest BCUT2D eigenvalue weighted by atomic mass is 9.77. The molecular formula is C11H21N3O. The Morgan fingerprint density at radius 2 is 1.87 bits per heavy atom. The summed E-state index contributed by atoms with van der Waals surface area (Å²) in [6, 6.07) is 0.0971. The number of hydrogen-bond acceptors (Lipinski definition) is 2. The zero-order valence-corrected chi connectivity index (χ0v) is 9.30. The van der Waals surface area contributed by atoms with Gasteiger partial charge in [-0.3, -0.25) is 0 Å². The van der Waals surface area contributed by atoms with Gasteiger partial charge in [-0.25, -0.2) is 4.79 Å². The lowest BCUT2D eigenvalue weighted by Crippen LogP contribution is -2.61. The lowest BCUT2D eigenvalue weighted by molar-refractivity contribution is 0.147. The number of likely N-dealkylation sites (tertiary alicyclic amines) is 1. The minimum atomic E-state index is -0.0749. The summed E-state index contributed by atoms with van der Waals surface area (Å²) in [6.07, 6.45) is 6.82. The molecule has 0 spiro atoms. The first-order chi connectivity index (χ1) is 7.26. The van der Waals surface area contributed by atoms with Gasteiger partial charge in [-0.1, -0.05) is 0 Å². The van der Waals surface area contributed by atoms with Crippen LogP contribution in [0.3, 0.4) is 0 Å². The smallest absolute Gasteiger partial charge is 0.317 e. The Kier molecular flexibility index (Phi) is 3.14. The van der Waals surface area contributed by atoms with E-state index in [1.165, 1.54) is 12.8 Å². The first kappa shape index (κ1) is 10.7. The van der Waals surface area contributed by atoms with E-state index in [4.69, 9.17) is 5.73 Å². The van der Waals surface area contributed by atoms with Crippen molar-refractivity contribution >= 4 is 6.03 Å². The maximum Gasteiger partial charge on any atom is 0.317 e. The molecule has 0 aromatic heterocycles. The summed E-state index contributed by atoms with van der Waals surface area (Å²) in [5.41, 5.74) is 5.64. The molecule has 4 heteroatoms. The third-order valence-electron chi connectivity index (χ3n) is 3.72. The highest BCUT2D eigenvalue weighted by atomic mass is 16.2. The van der Waals surface area contributed by atoms with Gasteiger partial charge in [0.1, 0.15) is 0 Å². The van der Waals surface area contributed by atoms with Crippen molar-refractivity contribution in [3.8, 4) is 0 Å². The second-order valence-electron chi connectivity index (χ2n) is 4.82. The number of nitrogens with zero attached hydrogens (tertiary/aromatic N) is 1. The second-order valence-corrected chi connectivity index (χ2v) is 4.82. The van der Waals surface area contributed by atoms with E-state index in [1.807, 2.05) is 4.90 Å². The van der Waals surface area contributed by atoms with Crippen LogP contribution in [0.5, 0.6) is 0 Å². The summed E-state index contributed by atoms with van der Waals surface area (Å²) >= 11 is 0. The van der Waals surface area contributed by atoms with Gasteiger partial charge in [0.25, 0.3) is 0 Å². The molecule has 0 radical (unpaired) electrons. The number of nitrogens with two attached hydrogens (primary N) is 1. The van der Waals surface area contributed by atoms with E-state index in [2.05, 4.69) is 5.32 Å². The van der Waals surface area contributed by atoms with E-state index in [9.17, 15) is 4.79 Å². The highest BCUT2D eigenvalue weighted by Crippen LogP contribution is 2.30. The summed E-state index contributed by atoms with van der Waals surface area (Å²) in [7, 11) is 0. The molecule has 4 nitrogen and oxygen atoms in total. The maximum absolute atomic E-state index is 11.9. The van der Waals surface area contributed by atoms with Gasteiger partial charge in [0.15, 0.2) is 0 Å². The normalized spacial score (nSPS) is 24.5. The summed E-state index contributed by atoms with van der Waals surface area (Å²) in [6.45, 7) is 2.39. The minimum Gasteiger partial charge on any atom is -0.331 e. The second kappa shape index (κ2) is 4.39. The van der Waals surface area contributed by atoms with Crippen molar-refractivity contribution in [3.05, 3.63) is 0 Å². The van der Waals surface area contributed by atoms with Crippen molar-refractivity contribution < 1.29 is 4.79 Å². The summed E-state index contributed by atoms with van der Waals surface area (Å²) in [5.74, 6) is 0. The molecule has 2 aliphatic rings. The number of urea groups is 1. The Labute approximate surface area is 91.2 Å². The molecule has 2 amide bonds. The standard InChI is InChI=1S/C11H21N3O/c12-9-11(5-4-6-11)13-10(15)14-7-2-1-3-8-14/h1-9,12H2,(H,13,15). The van der Waals surface area contributed by atoms with E-state index in [-0.39, 0.29) is 11.6 Å². The molecule has 2 rings (SSSR count). The van der Waals surface area contributed by atoms with Crippen molar-refractivity contribution in [2.24, 2.45) is 5.73 Å². The van der Waals surface area contributed by atoms with Gasteiger partial charge in [0.05, 0.1) is 5.54 Å². The predicted molar refractivity (Wildman–Crippen MR) is 59.6 cm³/mol. The van der Waals surface area contributed by atoms with Gasteiger partial charge in [-0.15, -0.1) is 0 Å². The molecule has 1 saturated heterocycles. The maximum atomic E-state index is 11.9. The summed E-state index contributed by atoms with van der Waals surface area (Å²) < 4.78 is 0. The first-order valence-electron chi connectivity index (χ1n) is 6.03. The Morgan fingerprint density at radius 1 is 1.20 bits per heavy atom. The van der Waals surface area contributed by atoms with Gasteiger partial charge in [-0.2, -0.15) is 0 Å². The molecule has 0 unspecified atom stereocenters. The highest BCUT2D eigenvalue weighted by molar-refractivity contribution is 5.75. The van der Waals surface area contributed by atoms with E-state index >= 15 is 0 Å². The van der Waals surface area contributed by atoms with Crippen molar-refractivity contribution in [2.45, 2.75) is 44.1 Å². The van der Waals surface area contributed by atoms with Gasteiger partial charge >= 0.3 is 6.03 Å². The molecule has 1 saturated carbocycles. The molecule has 0 atom stereocenters. The van der Waals surface area contributed by atoms with Crippen molar-refractivity contribution in [1.82, 2.24) is 10.2 Å². The van der Waals surface area contributed by atoms with Crippen molar-refractivity contribution in [1.29, 1.82) is 0 Å². The average Bonchev–Trinajstić information content (AvgIpc) is 2.24. The Bertz CT molecular complexity index is 226. The molecule has 0 aromatic carbocycles. The van der Waals surface area contributed by atoms with Crippen LogP contribution in [0.4, 0.5) is 4.79 Å². The molecule has 0 bridgehead atoms. The van der Waals surface area contributed by atoms with E-state index in [1.54, 1.807) is 0 Å². The van der Waals surface area contributed by atoms with Crippen LogP contribution in [0.2, 0.25) is 0 Å². The van der Waals surface area contributed by atoms with E-state index < -0.39 is 0 Å². The Morgan fingerprint density at radius 3 is 2.33 bits per heavy atom. The van der Waals surface area contributed by atoms with Crippen LogP contribution in [-0.4, -0.2) is 36.1 Å². The minimum absolute atomic E-state index is 0.0749. The van der Waals surface area contributed by atoms with Crippen molar-refractivity contribution in [2.75, 3.05) is 19.6 Å². The monoisotopic (exact) mass is 211 g/mol. The zero-order valence-electron chi connectivity index (χ0n) is 9.30. The van der Waals surface area contributed by atoms with Crippen LogP contribution in [-0.2, 0) is 0 Å². The largest absolute Gasteiger partial charge is 0.331 e. The number of rotatable bonds is 2. The van der Waals surface area contributed by atoms with E-state index in [0.29, 0.717) is 6.54 Å². The van der Waals surface area contributed by atoms with Gasteiger partial charge < -0.3 is 16.0 Å². The highest BCUT2D eigenvalue weighted by Gasteiger charge is 2.37. The third kappa shape index (κ3) is 2.25.